The van der Waals surface area contributed by atoms with Gasteiger partial charge in [-0.05, 0) is 30.3 Å². The van der Waals surface area contributed by atoms with E-state index in [-0.39, 0.29) is 18.7 Å². The van der Waals surface area contributed by atoms with Crippen LogP contribution in [-0.4, -0.2) is 19.6 Å². The Kier molecular flexibility index (Phi) is 6.14. The molecule has 1 N–H and O–H groups in total. The molecular formula is C17H15ClF3NO3. The number of ether oxygens (including phenoxy) is 2. The molecule has 4 nitrogen and oxygen atoms in total. The van der Waals surface area contributed by atoms with Crippen molar-refractivity contribution in [2.75, 3.05) is 19.0 Å². The van der Waals surface area contributed by atoms with E-state index in [0.29, 0.717) is 11.5 Å². The molecule has 2 rings (SSSR count). The maximum atomic E-state index is 12.8. The van der Waals surface area contributed by atoms with E-state index >= 15 is 0 Å². The summed E-state index contributed by atoms with van der Waals surface area (Å²) in [6, 6.07) is 10.1. The van der Waals surface area contributed by atoms with Gasteiger partial charge in [0.25, 0.3) is 0 Å². The molecule has 8 heteroatoms. The Balaban J connectivity index is 1.92. The molecule has 1 amide bonds. The van der Waals surface area contributed by atoms with Crippen molar-refractivity contribution >= 4 is 23.2 Å². The van der Waals surface area contributed by atoms with Gasteiger partial charge in [-0.25, -0.2) is 0 Å². The third-order valence-corrected chi connectivity index (χ3v) is 3.54. The monoisotopic (exact) mass is 373 g/mol. The Morgan fingerprint density at radius 2 is 1.84 bits per heavy atom. The number of amides is 1. The minimum Gasteiger partial charge on any atom is -0.493 e. The number of nitrogens with one attached hydrogen (secondary N) is 1. The smallest absolute Gasteiger partial charge is 0.417 e. The second kappa shape index (κ2) is 8.11. The highest BCUT2D eigenvalue weighted by molar-refractivity contribution is 6.31. The number of benzene rings is 2. The van der Waals surface area contributed by atoms with Gasteiger partial charge in [-0.3, -0.25) is 4.79 Å². The molecule has 0 atom stereocenters. The Bertz CT molecular complexity index is 750. The predicted octanol–water partition coefficient (Wildman–Crippen LogP) is 4.78. The summed E-state index contributed by atoms with van der Waals surface area (Å²) in [5.41, 5.74) is -0.990. The molecule has 0 heterocycles. The van der Waals surface area contributed by atoms with E-state index in [1.807, 2.05) is 0 Å². The number of hydrogen-bond acceptors (Lipinski definition) is 3. The molecule has 134 valence electrons. The van der Waals surface area contributed by atoms with Crippen molar-refractivity contribution in [2.45, 2.75) is 12.6 Å². The summed E-state index contributed by atoms with van der Waals surface area (Å²) >= 11 is 5.53. The second-order valence-corrected chi connectivity index (χ2v) is 5.40. The third-order valence-electron chi connectivity index (χ3n) is 3.21. The largest absolute Gasteiger partial charge is 0.493 e. The highest BCUT2D eigenvalue weighted by atomic mass is 35.5. The first kappa shape index (κ1) is 18.9. The Morgan fingerprint density at radius 1 is 1.16 bits per heavy atom. The molecular weight excluding hydrogens is 359 g/mol. The maximum Gasteiger partial charge on any atom is 0.417 e. The van der Waals surface area contributed by atoms with Gasteiger partial charge in [-0.15, -0.1) is 0 Å². The molecule has 0 aromatic heterocycles. The topological polar surface area (TPSA) is 47.6 Å². The third kappa shape index (κ3) is 5.29. The lowest BCUT2D eigenvalue weighted by Gasteiger charge is -2.12. The van der Waals surface area contributed by atoms with Gasteiger partial charge in [-0.1, -0.05) is 23.7 Å². The first-order valence-electron chi connectivity index (χ1n) is 7.23. The minimum absolute atomic E-state index is 0.0130. The quantitative estimate of drug-likeness (QED) is 0.793. The van der Waals surface area contributed by atoms with Crippen LogP contribution in [0.2, 0.25) is 5.02 Å². The fourth-order valence-corrected chi connectivity index (χ4v) is 2.26. The molecule has 0 saturated carbocycles. The van der Waals surface area contributed by atoms with Crippen molar-refractivity contribution in [3.8, 4) is 11.5 Å². The first-order valence-corrected chi connectivity index (χ1v) is 7.61. The van der Waals surface area contributed by atoms with E-state index in [4.69, 9.17) is 21.1 Å². The summed E-state index contributed by atoms with van der Waals surface area (Å²) < 4.78 is 49.0. The van der Waals surface area contributed by atoms with Crippen LogP contribution in [0, 0.1) is 0 Å². The van der Waals surface area contributed by atoms with Crippen LogP contribution in [0.3, 0.4) is 0 Å². The second-order valence-electron chi connectivity index (χ2n) is 4.99. The average molecular weight is 374 g/mol. The number of halogens is 4. The molecule has 2 aromatic rings. The standard InChI is InChI=1S/C17H15ClF3NO3/c1-24-14-4-2-3-5-15(14)25-9-8-16(23)22-11-6-7-13(18)12(10-11)17(19,20)21/h2-7,10H,8-9H2,1H3,(H,22,23). The zero-order valence-corrected chi connectivity index (χ0v) is 13.9. The van der Waals surface area contributed by atoms with Crippen LogP contribution in [0.1, 0.15) is 12.0 Å². The number of anilines is 1. The predicted molar refractivity (Wildman–Crippen MR) is 88.2 cm³/mol. The van der Waals surface area contributed by atoms with Gasteiger partial charge in [0.05, 0.1) is 30.7 Å². The lowest BCUT2D eigenvalue weighted by Crippen LogP contribution is -2.16. The zero-order chi connectivity index (χ0) is 18.4. The summed E-state index contributed by atoms with van der Waals surface area (Å²) in [7, 11) is 1.49. The zero-order valence-electron chi connectivity index (χ0n) is 13.2. The molecule has 0 spiro atoms. The van der Waals surface area contributed by atoms with Crippen LogP contribution in [0.5, 0.6) is 11.5 Å². The van der Waals surface area contributed by atoms with Gasteiger partial charge in [0.1, 0.15) is 0 Å². The lowest BCUT2D eigenvalue weighted by atomic mass is 10.2. The van der Waals surface area contributed by atoms with E-state index in [2.05, 4.69) is 5.32 Å². The van der Waals surface area contributed by atoms with Crippen LogP contribution in [-0.2, 0) is 11.0 Å². The van der Waals surface area contributed by atoms with Crippen molar-refractivity contribution in [1.82, 2.24) is 0 Å². The van der Waals surface area contributed by atoms with Crippen LogP contribution < -0.4 is 14.8 Å². The number of para-hydroxylation sites is 2. The minimum atomic E-state index is -4.59. The molecule has 0 aliphatic rings. The van der Waals surface area contributed by atoms with Crippen LogP contribution in [0.25, 0.3) is 0 Å². The van der Waals surface area contributed by atoms with Crippen LogP contribution in [0.15, 0.2) is 42.5 Å². The molecule has 0 fully saturated rings. The summed E-state index contributed by atoms with van der Waals surface area (Å²) in [5, 5.41) is 1.96. The van der Waals surface area contributed by atoms with Gasteiger partial charge in [0.2, 0.25) is 5.91 Å². The van der Waals surface area contributed by atoms with Gasteiger partial charge in [0.15, 0.2) is 11.5 Å². The Labute approximate surface area is 147 Å². The highest BCUT2D eigenvalue weighted by Gasteiger charge is 2.33. The summed E-state index contributed by atoms with van der Waals surface area (Å²) in [4.78, 5) is 11.9. The van der Waals surface area contributed by atoms with Crippen molar-refractivity contribution in [2.24, 2.45) is 0 Å². The highest BCUT2D eigenvalue weighted by Crippen LogP contribution is 2.36. The molecule has 0 saturated heterocycles. The number of rotatable bonds is 6. The van der Waals surface area contributed by atoms with Crippen LogP contribution >= 0.6 is 11.6 Å². The van der Waals surface area contributed by atoms with E-state index in [1.54, 1.807) is 24.3 Å². The Hall–Kier alpha value is -2.41. The van der Waals surface area contributed by atoms with Gasteiger partial charge in [0, 0.05) is 5.69 Å². The number of alkyl halides is 3. The van der Waals surface area contributed by atoms with Crippen molar-refractivity contribution in [3.05, 3.63) is 53.1 Å². The summed E-state index contributed by atoms with van der Waals surface area (Å²) in [6.45, 7) is 0.0475. The molecule has 0 aliphatic heterocycles. The molecule has 0 aliphatic carbocycles. The SMILES string of the molecule is COc1ccccc1OCCC(=O)Nc1ccc(Cl)c(C(F)(F)F)c1. The van der Waals surface area contributed by atoms with Gasteiger partial charge in [-0.2, -0.15) is 13.2 Å². The van der Waals surface area contributed by atoms with E-state index in [0.717, 1.165) is 12.1 Å². The fourth-order valence-electron chi connectivity index (χ4n) is 2.04. The van der Waals surface area contributed by atoms with Gasteiger partial charge >= 0.3 is 6.18 Å². The van der Waals surface area contributed by atoms with Crippen molar-refractivity contribution in [1.29, 1.82) is 0 Å². The number of methoxy groups -OCH3 is 1. The Morgan fingerprint density at radius 3 is 2.48 bits per heavy atom. The van der Waals surface area contributed by atoms with E-state index < -0.39 is 22.7 Å². The average Bonchev–Trinajstić information content (AvgIpc) is 2.56. The molecule has 2 aromatic carbocycles. The normalized spacial score (nSPS) is 11.1. The van der Waals surface area contributed by atoms with E-state index in [1.165, 1.54) is 13.2 Å². The molecule has 0 unspecified atom stereocenters. The van der Waals surface area contributed by atoms with Gasteiger partial charge < -0.3 is 14.8 Å². The molecule has 25 heavy (non-hydrogen) atoms. The maximum absolute atomic E-state index is 12.8. The lowest BCUT2D eigenvalue weighted by molar-refractivity contribution is -0.137. The summed E-state index contributed by atoms with van der Waals surface area (Å²) in [5.74, 6) is 0.518. The number of carbonyl (C=O) groups is 1. The first-order chi connectivity index (χ1) is 11.8. The fraction of sp³-hybridized carbons (Fsp3) is 0.235. The van der Waals surface area contributed by atoms with Crippen molar-refractivity contribution in [3.63, 3.8) is 0 Å². The number of hydrogen-bond donors (Lipinski definition) is 1. The van der Waals surface area contributed by atoms with Crippen molar-refractivity contribution < 1.29 is 27.4 Å². The summed E-state index contributed by atoms with van der Waals surface area (Å²) in [6.07, 6.45) is -4.63. The molecule has 0 bridgehead atoms. The molecule has 0 radical (unpaired) electrons. The van der Waals surface area contributed by atoms with Crippen LogP contribution in [0.4, 0.5) is 18.9 Å². The number of carbonyl (C=O) groups excluding carboxylic acids is 1. The van der Waals surface area contributed by atoms with E-state index in [9.17, 15) is 18.0 Å².